The van der Waals surface area contributed by atoms with E-state index in [0.717, 1.165) is 30.9 Å². The van der Waals surface area contributed by atoms with Crippen molar-refractivity contribution in [1.82, 2.24) is 15.5 Å². The molecule has 144 valence electrons. The van der Waals surface area contributed by atoms with E-state index in [-0.39, 0.29) is 5.91 Å². The number of methoxy groups -OCH3 is 2. The number of hydrogen-bond donors (Lipinski definition) is 1. The molecule has 0 radical (unpaired) electrons. The van der Waals surface area contributed by atoms with E-state index in [9.17, 15) is 4.79 Å². The molecule has 7 nitrogen and oxygen atoms in total. The standard InChI is InChI=1S/C20H26N4O3/c1-14-5-4-10-24(13-14)19-9-7-16(22-23-19)20(25)21-12-15-6-8-17(26-2)18(11-15)27-3/h6-9,11,14H,4-5,10,12-13H2,1-3H3,(H,21,25). The van der Waals surface area contributed by atoms with Gasteiger partial charge in [0.25, 0.3) is 5.91 Å². The quantitative estimate of drug-likeness (QED) is 0.842. The predicted octanol–water partition coefficient (Wildman–Crippen LogP) is 2.66. The number of nitrogens with zero attached hydrogens (tertiary/aromatic N) is 3. The molecule has 7 heteroatoms. The average Bonchev–Trinajstić information content (AvgIpc) is 2.71. The van der Waals surface area contributed by atoms with E-state index in [2.05, 4.69) is 27.3 Å². The highest BCUT2D eigenvalue weighted by Gasteiger charge is 2.18. The minimum atomic E-state index is -0.254. The van der Waals surface area contributed by atoms with Crippen molar-refractivity contribution in [2.45, 2.75) is 26.3 Å². The van der Waals surface area contributed by atoms with E-state index >= 15 is 0 Å². The molecule has 1 unspecified atom stereocenters. The molecule has 1 saturated heterocycles. The van der Waals surface area contributed by atoms with Gasteiger partial charge in [-0.2, -0.15) is 0 Å². The number of ether oxygens (including phenoxy) is 2. The van der Waals surface area contributed by atoms with Crippen molar-refractivity contribution in [3.8, 4) is 11.5 Å². The second-order valence-corrected chi connectivity index (χ2v) is 6.84. The molecule has 1 aliphatic rings. The maximum absolute atomic E-state index is 12.4. The summed E-state index contributed by atoms with van der Waals surface area (Å²) in [5.41, 5.74) is 1.22. The molecule has 1 fully saturated rings. The van der Waals surface area contributed by atoms with Crippen LogP contribution in [0.3, 0.4) is 0 Å². The van der Waals surface area contributed by atoms with Crippen molar-refractivity contribution in [3.05, 3.63) is 41.6 Å². The molecule has 1 aromatic heterocycles. The smallest absolute Gasteiger partial charge is 0.272 e. The van der Waals surface area contributed by atoms with Gasteiger partial charge in [-0.25, -0.2) is 0 Å². The Hall–Kier alpha value is -2.83. The maximum atomic E-state index is 12.4. The van der Waals surface area contributed by atoms with Gasteiger partial charge in [-0.05, 0) is 48.6 Å². The van der Waals surface area contributed by atoms with Crippen molar-refractivity contribution < 1.29 is 14.3 Å². The van der Waals surface area contributed by atoms with Gasteiger partial charge in [0, 0.05) is 19.6 Å². The van der Waals surface area contributed by atoms with Crippen molar-refractivity contribution in [1.29, 1.82) is 0 Å². The first-order chi connectivity index (χ1) is 13.1. The number of carbonyl (C=O) groups excluding carboxylic acids is 1. The lowest BCUT2D eigenvalue weighted by molar-refractivity contribution is 0.0945. The lowest BCUT2D eigenvalue weighted by Crippen LogP contribution is -2.35. The Labute approximate surface area is 159 Å². The Balaban J connectivity index is 1.59. The Kier molecular flexibility index (Phi) is 6.11. The van der Waals surface area contributed by atoms with Crippen molar-refractivity contribution in [2.24, 2.45) is 5.92 Å². The molecule has 0 spiro atoms. The topological polar surface area (TPSA) is 76.6 Å². The number of benzene rings is 1. The molecule has 2 heterocycles. The highest BCUT2D eigenvalue weighted by molar-refractivity contribution is 5.92. The van der Waals surface area contributed by atoms with Gasteiger partial charge in [0.15, 0.2) is 23.0 Å². The van der Waals surface area contributed by atoms with Crippen LogP contribution in [0.15, 0.2) is 30.3 Å². The van der Waals surface area contributed by atoms with E-state index in [0.29, 0.717) is 29.7 Å². The lowest BCUT2D eigenvalue weighted by atomic mass is 10.0. The number of anilines is 1. The molecule has 2 aromatic rings. The first-order valence-electron chi connectivity index (χ1n) is 9.18. The summed E-state index contributed by atoms with van der Waals surface area (Å²) >= 11 is 0. The van der Waals surface area contributed by atoms with Crippen LogP contribution in [-0.4, -0.2) is 43.4 Å². The fourth-order valence-corrected chi connectivity index (χ4v) is 3.28. The van der Waals surface area contributed by atoms with Crippen LogP contribution in [0, 0.1) is 5.92 Å². The summed E-state index contributed by atoms with van der Waals surface area (Å²) in [5, 5.41) is 11.2. The Bertz CT molecular complexity index is 779. The van der Waals surface area contributed by atoms with Gasteiger partial charge in [-0.3, -0.25) is 4.79 Å². The molecule has 3 rings (SSSR count). The number of rotatable bonds is 6. The van der Waals surface area contributed by atoms with Crippen molar-refractivity contribution in [3.63, 3.8) is 0 Å². The summed E-state index contributed by atoms with van der Waals surface area (Å²) in [6, 6.07) is 9.13. The summed E-state index contributed by atoms with van der Waals surface area (Å²) in [6.07, 6.45) is 2.41. The SMILES string of the molecule is COc1ccc(CNC(=O)c2ccc(N3CCCC(C)C3)nn2)cc1OC. The third kappa shape index (κ3) is 4.67. The van der Waals surface area contributed by atoms with E-state index in [4.69, 9.17) is 9.47 Å². The highest BCUT2D eigenvalue weighted by atomic mass is 16.5. The summed E-state index contributed by atoms with van der Waals surface area (Å²) in [7, 11) is 3.17. The Morgan fingerprint density at radius 2 is 2.00 bits per heavy atom. The first kappa shape index (κ1) is 18.9. The van der Waals surface area contributed by atoms with Crippen LogP contribution in [0.5, 0.6) is 11.5 Å². The second kappa shape index (κ2) is 8.70. The highest BCUT2D eigenvalue weighted by Crippen LogP contribution is 2.27. The molecule has 1 aromatic carbocycles. The third-order valence-corrected chi connectivity index (χ3v) is 4.77. The molecule has 1 atom stereocenters. The van der Waals surface area contributed by atoms with E-state index < -0.39 is 0 Å². The molecule has 0 bridgehead atoms. The number of amides is 1. The zero-order valence-corrected chi connectivity index (χ0v) is 16.1. The number of aromatic nitrogens is 2. The van der Waals surface area contributed by atoms with E-state index in [1.807, 2.05) is 24.3 Å². The Morgan fingerprint density at radius 3 is 2.67 bits per heavy atom. The van der Waals surface area contributed by atoms with E-state index in [1.165, 1.54) is 6.42 Å². The van der Waals surface area contributed by atoms with Crippen molar-refractivity contribution in [2.75, 3.05) is 32.2 Å². The van der Waals surface area contributed by atoms with Gasteiger partial charge in [0.2, 0.25) is 0 Å². The summed E-state index contributed by atoms with van der Waals surface area (Å²) in [5.74, 6) is 2.52. The monoisotopic (exact) mass is 370 g/mol. The minimum Gasteiger partial charge on any atom is -0.493 e. The Morgan fingerprint density at radius 1 is 1.19 bits per heavy atom. The normalized spacial score (nSPS) is 16.7. The molecule has 1 aliphatic heterocycles. The van der Waals surface area contributed by atoms with Gasteiger partial charge < -0.3 is 19.7 Å². The van der Waals surface area contributed by atoms with Crippen LogP contribution in [0.2, 0.25) is 0 Å². The zero-order valence-electron chi connectivity index (χ0n) is 16.1. The maximum Gasteiger partial charge on any atom is 0.272 e. The number of carbonyl (C=O) groups is 1. The van der Waals surface area contributed by atoms with Gasteiger partial charge in [-0.1, -0.05) is 13.0 Å². The van der Waals surface area contributed by atoms with Crippen LogP contribution < -0.4 is 19.7 Å². The van der Waals surface area contributed by atoms with E-state index in [1.54, 1.807) is 20.3 Å². The first-order valence-corrected chi connectivity index (χ1v) is 9.18. The van der Waals surface area contributed by atoms with Crippen LogP contribution in [-0.2, 0) is 6.54 Å². The third-order valence-electron chi connectivity index (χ3n) is 4.77. The fourth-order valence-electron chi connectivity index (χ4n) is 3.28. The van der Waals surface area contributed by atoms with Crippen LogP contribution >= 0.6 is 0 Å². The number of piperidine rings is 1. The molecule has 1 N–H and O–H groups in total. The minimum absolute atomic E-state index is 0.254. The summed E-state index contributed by atoms with van der Waals surface area (Å²) in [4.78, 5) is 14.6. The molecule has 0 saturated carbocycles. The lowest BCUT2D eigenvalue weighted by Gasteiger charge is -2.31. The zero-order chi connectivity index (χ0) is 19.2. The largest absolute Gasteiger partial charge is 0.493 e. The van der Waals surface area contributed by atoms with Crippen LogP contribution in [0.25, 0.3) is 0 Å². The molecular weight excluding hydrogens is 344 g/mol. The molecule has 27 heavy (non-hydrogen) atoms. The summed E-state index contributed by atoms with van der Waals surface area (Å²) in [6.45, 7) is 4.59. The number of hydrogen-bond acceptors (Lipinski definition) is 6. The second-order valence-electron chi connectivity index (χ2n) is 6.84. The molecule has 0 aliphatic carbocycles. The molecule has 1 amide bonds. The van der Waals surface area contributed by atoms with Gasteiger partial charge in [-0.15, -0.1) is 10.2 Å². The fraction of sp³-hybridized carbons (Fsp3) is 0.450. The van der Waals surface area contributed by atoms with Crippen LogP contribution in [0.4, 0.5) is 5.82 Å². The van der Waals surface area contributed by atoms with Gasteiger partial charge in [0.1, 0.15) is 0 Å². The number of nitrogens with one attached hydrogen (secondary N) is 1. The summed E-state index contributed by atoms with van der Waals surface area (Å²) < 4.78 is 10.5. The van der Waals surface area contributed by atoms with Crippen LogP contribution in [0.1, 0.15) is 35.8 Å². The average molecular weight is 370 g/mol. The molecular formula is C20H26N4O3. The van der Waals surface area contributed by atoms with Gasteiger partial charge >= 0.3 is 0 Å². The predicted molar refractivity (Wildman–Crippen MR) is 103 cm³/mol. The van der Waals surface area contributed by atoms with Gasteiger partial charge in [0.05, 0.1) is 14.2 Å². The van der Waals surface area contributed by atoms with Crippen molar-refractivity contribution >= 4 is 11.7 Å².